The van der Waals surface area contributed by atoms with Crippen LogP contribution in [0, 0.1) is 11.6 Å². The second-order valence-electron chi connectivity index (χ2n) is 5.35. The van der Waals surface area contributed by atoms with Crippen molar-refractivity contribution >= 4 is 15.8 Å². The van der Waals surface area contributed by atoms with Gasteiger partial charge in [0.05, 0.1) is 4.90 Å². The van der Waals surface area contributed by atoms with Gasteiger partial charge in [-0.1, -0.05) is 6.07 Å². The third kappa shape index (κ3) is 3.65. The Balaban J connectivity index is 1.72. The van der Waals surface area contributed by atoms with E-state index in [2.05, 4.69) is 9.71 Å². The van der Waals surface area contributed by atoms with E-state index < -0.39 is 26.6 Å². The third-order valence-electron chi connectivity index (χ3n) is 3.63. The van der Waals surface area contributed by atoms with Crippen LogP contribution in [0.15, 0.2) is 47.5 Å². The first-order chi connectivity index (χ1) is 10.9. The summed E-state index contributed by atoms with van der Waals surface area (Å²) in [5.74, 6) is -1.08. The van der Waals surface area contributed by atoms with Crippen LogP contribution in [0.1, 0.15) is 6.42 Å². The fraction of sp³-hybridized carbons (Fsp3) is 0.267. The van der Waals surface area contributed by atoms with E-state index in [1.807, 2.05) is 17.0 Å². The molecule has 1 fully saturated rings. The number of halogens is 2. The Bertz CT molecular complexity index is 779. The highest BCUT2D eigenvalue weighted by Crippen LogP contribution is 2.20. The lowest BCUT2D eigenvalue weighted by atomic mass is 10.3. The van der Waals surface area contributed by atoms with Gasteiger partial charge >= 0.3 is 0 Å². The van der Waals surface area contributed by atoms with Crippen LogP contribution in [0.2, 0.25) is 0 Å². The topological polar surface area (TPSA) is 62.3 Å². The lowest BCUT2D eigenvalue weighted by Crippen LogP contribution is -2.37. The molecule has 122 valence electrons. The second kappa shape index (κ2) is 6.21. The highest BCUT2D eigenvalue weighted by Gasteiger charge is 2.28. The average Bonchev–Trinajstić information content (AvgIpc) is 2.95. The number of benzene rings is 1. The minimum atomic E-state index is -3.97. The van der Waals surface area contributed by atoms with E-state index in [-0.39, 0.29) is 6.04 Å². The zero-order valence-electron chi connectivity index (χ0n) is 12.1. The van der Waals surface area contributed by atoms with E-state index >= 15 is 0 Å². The number of anilines is 1. The number of aromatic nitrogens is 1. The van der Waals surface area contributed by atoms with Crippen molar-refractivity contribution in [2.45, 2.75) is 17.4 Å². The van der Waals surface area contributed by atoms with Gasteiger partial charge < -0.3 is 4.90 Å². The Morgan fingerprint density at radius 1 is 1.17 bits per heavy atom. The first-order valence-corrected chi connectivity index (χ1v) is 8.57. The quantitative estimate of drug-likeness (QED) is 0.924. The monoisotopic (exact) mass is 339 g/mol. The van der Waals surface area contributed by atoms with Crippen molar-refractivity contribution in [3.63, 3.8) is 0 Å². The molecule has 23 heavy (non-hydrogen) atoms. The van der Waals surface area contributed by atoms with Gasteiger partial charge in [0.1, 0.15) is 17.5 Å². The molecule has 2 aromatic rings. The number of hydrogen-bond donors (Lipinski definition) is 1. The van der Waals surface area contributed by atoms with E-state index in [4.69, 9.17) is 0 Å². The maximum absolute atomic E-state index is 13.2. The molecule has 8 heteroatoms. The Morgan fingerprint density at radius 2 is 1.91 bits per heavy atom. The summed E-state index contributed by atoms with van der Waals surface area (Å²) in [6, 6.07) is 7.41. The first kappa shape index (κ1) is 15.8. The van der Waals surface area contributed by atoms with Gasteiger partial charge in [-0.25, -0.2) is 26.9 Å². The molecule has 0 bridgehead atoms. The van der Waals surface area contributed by atoms with Crippen LogP contribution in [0.25, 0.3) is 0 Å². The number of sulfonamides is 1. The molecular weight excluding hydrogens is 324 g/mol. The lowest BCUT2D eigenvalue weighted by molar-refractivity contribution is 0.550. The van der Waals surface area contributed by atoms with Gasteiger partial charge in [-0.15, -0.1) is 0 Å². The minimum absolute atomic E-state index is 0.340. The number of pyridine rings is 1. The van der Waals surface area contributed by atoms with E-state index in [9.17, 15) is 17.2 Å². The Kier molecular flexibility index (Phi) is 4.27. The van der Waals surface area contributed by atoms with Crippen molar-refractivity contribution < 1.29 is 17.2 Å². The second-order valence-corrected chi connectivity index (χ2v) is 7.06. The van der Waals surface area contributed by atoms with Crippen molar-refractivity contribution in [2.75, 3.05) is 18.0 Å². The summed E-state index contributed by atoms with van der Waals surface area (Å²) < 4.78 is 53.4. The summed E-state index contributed by atoms with van der Waals surface area (Å²) in [7, 11) is -3.97. The van der Waals surface area contributed by atoms with Gasteiger partial charge in [0.2, 0.25) is 10.0 Å². The average molecular weight is 339 g/mol. The predicted molar refractivity (Wildman–Crippen MR) is 81.5 cm³/mol. The van der Waals surface area contributed by atoms with Crippen molar-refractivity contribution in [1.29, 1.82) is 0 Å². The van der Waals surface area contributed by atoms with Gasteiger partial charge in [0.15, 0.2) is 0 Å². The van der Waals surface area contributed by atoms with E-state index in [1.165, 1.54) is 0 Å². The fourth-order valence-corrected chi connectivity index (χ4v) is 3.88. The minimum Gasteiger partial charge on any atom is -0.355 e. The highest BCUT2D eigenvalue weighted by molar-refractivity contribution is 7.89. The summed E-state index contributed by atoms with van der Waals surface area (Å²) in [5.41, 5.74) is 0. The summed E-state index contributed by atoms with van der Waals surface area (Å²) in [6.07, 6.45) is 2.26. The van der Waals surface area contributed by atoms with Crippen LogP contribution in [0.4, 0.5) is 14.6 Å². The van der Waals surface area contributed by atoms with E-state index in [1.54, 1.807) is 12.3 Å². The standard InChI is InChI=1S/C15H15F2N3O2S/c16-11-7-12(17)9-14(8-11)23(21,22)19-13-4-6-20(10-13)15-3-1-2-5-18-15/h1-3,5,7-9,13,19H,4,6,10H2. The molecule has 3 rings (SSSR count). The van der Waals surface area contributed by atoms with Crippen LogP contribution < -0.4 is 9.62 Å². The zero-order chi connectivity index (χ0) is 16.4. The molecule has 1 aliphatic heterocycles. The maximum atomic E-state index is 13.2. The van der Waals surface area contributed by atoms with Gasteiger partial charge in [0, 0.05) is 31.4 Å². The number of nitrogens with zero attached hydrogens (tertiary/aromatic N) is 2. The third-order valence-corrected chi connectivity index (χ3v) is 5.13. The Hall–Kier alpha value is -2.06. The largest absolute Gasteiger partial charge is 0.355 e. The Labute approximate surface area is 133 Å². The van der Waals surface area contributed by atoms with Gasteiger partial charge in [0.25, 0.3) is 0 Å². The van der Waals surface area contributed by atoms with Crippen LogP contribution in [-0.4, -0.2) is 32.5 Å². The molecule has 1 saturated heterocycles. The molecule has 0 spiro atoms. The smallest absolute Gasteiger partial charge is 0.241 e. The molecule has 1 aromatic carbocycles. The number of nitrogens with one attached hydrogen (secondary N) is 1. The molecule has 5 nitrogen and oxygen atoms in total. The molecular formula is C15H15F2N3O2S. The maximum Gasteiger partial charge on any atom is 0.241 e. The SMILES string of the molecule is O=S(=O)(NC1CCN(c2ccccn2)C1)c1cc(F)cc(F)c1. The normalized spacial score (nSPS) is 18.3. The molecule has 0 radical (unpaired) electrons. The van der Waals surface area contributed by atoms with Gasteiger partial charge in [-0.2, -0.15) is 0 Å². The van der Waals surface area contributed by atoms with E-state index in [0.717, 1.165) is 18.0 Å². The molecule has 0 aliphatic carbocycles. The molecule has 1 N–H and O–H groups in total. The lowest BCUT2D eigenvalue weighted by Gasteiger charge is -2.17. The van der Waals surface area contributed by atoms with Crippen molar-refractivity contribution in [1.82, 2.24) is 9.71 Å². The molecule has 1 aromatic heterocycles. The highest BCUT2D eigenvalue weighted by atomic mass is 32.2. The molecule has 0 amide bonds. The Morgan fingerprint density at radius 3 is 2.57 bits per heavy atom. The molecule has 2 heterocycles. The summed E-state index contributed by atoms with van der Waals surface area (Å²) in [5, 5.41) is 0. The summed E-state index contributed by atoms with van der Waals surface area (Å²) in [6.45, 7) is 1.11. The predicted octanol–water partition coefficient (Wildman–Crippen LogP) is 1.92. The number of rotatable bonds is 4. The summed E-state index contributed by atoms with van der Waals surface area (Å²) in [4.78, 5) is 5.77. The van der Waals surface area contributed by atoms with Crippen molar-refractivity contribution in [3.05, 3.63) is 54.2 Å². The van der Waals surface area contributed by atoms with Crippen LogP contribution in [0.3, 0.4) is 0 Å². The summed E-state index contributed by atoms with van der Waals surface area (Å²) >= 11 is 0. The van der Waals surface area contributed by atoms with Crippen molar-refractivity contribution in [3.8, 4) is 0 Å². The van der Waals surface area contributed by atoms with Gasteiger partial charge in [-0.3, -0.25) is 0 Å². The molecule has 1 unspecified atom stereocenters. The number of hydrogen-bond acceptors (Lipinski definition) is 4. The molecule has 0 saturated carbocycles. The van der Waals surface area contributed by atoms with Crippen molar-refractivity contribution in [2.24, 2.45) is 0 Å². The van der Waals surface area contributed by atoms with Crippen LogP contribution in [0.5, 0.6) is 0 Å². The zero-order valence-corrected chi connectivity index (χ0v) is 12.9. The van der Waals surface area contributed by atoms with Gasteiger partial charge in [-0.05, 0) is 30.7 Å². The first-order valence-electron chi connectivity index (χ1n) is 7.08. The fourth-order valence-electron chi connectivity index (χ4n) is 2.58. The molecule has 1 atom stereocenters. The molecule has 1 aliphatic rings. The van der Waals surface area contributed by atoms with Crippen LogP contribution in [-0.2, 0) is 10.0 Å². The van der Waals surface area contributed by atoms with E-state index in [0.29, 0.717) is 25.6 Å². The van der Waals surface area contributed by atoms with Crippen LogP contribution >= 0.6 is 0 Å².